The highest BCUT2D eigenvalue weighted by atomic mass is 19.4. The number of aromatic nitrogens is 8. The summed E-state index contributed by atoms with van der Waals surface area (Å²) in [7, 11) is 0. The Balaban J connectivity index is 1.22. The summed E-state index contributed by atoms with van der Waals surface area (Å²) in [5.41, 5.74) is -35.3. The van der Waals surface area contributed by atoms with Gasteiger partial charge in [0.05, 0.1) is 56.2 Å². The molecule has 4 aromatic carbocycles. The molecule has 8 rings (SSSR count). The Morgan fingerprint density at radius 1 is 0.228 bits per heavy atom. The van der Waals surface area contributed by atoms with Gasteiger partial charge in [0, 0.05) is 24.8 Å². The van der Waals surface area contributed by atoms with Gasteiger partial charge in [-0.05, 0) is 12.1 Å². The number of nitrogens with zero attached hydrogens (tertiary/aromatic N) is 8. The van der Waals surface area contributed by atoms with Crippen LogP contribution in [0.1, 0.15) is 33.9 Å². The first-order chi connectivity index (χ1) is 41.9. The largest absolute Gasteiger partial charge is 0.422 e. The fourth-order valence-corrected chi connectivity index (χ4v) is 7.97. The molecule has 0 radical (unpaired) electrons. The van der Waals surface area contributed by atoms with Crippen LogP contribution in [0.5, 0.6) is 0 Å². The first-order valence-electron chi connectivity index (χ1n) is 22.6. The minimum absolute atomic E-state index is 0.483. The molecule has 490 valence electrons. The van der Waals surface area contributed by atoms with Crippen molar-refractivity contribution in [1.29, 1.82) is 0 Å². The fourth-order valence-electron chi connectivity index (χ4n) is 7.97. The molecule has 0 saturated carbocycles. The van der Waals surface area contributed by atoms with E-state index in [4.69, 9.17) is 0 Å². The molecule has 8 nitrogen and oxygen atoms in total. The summed E-state index contributed by atoms with van der Waals surface area (Å²) in [6.07, 6.45) is -27.4. The molecule has 0 unspecified atom stereocenters. The molecule has 0 amide bonds. The van der Waals surface area contributed by atoms with Gasteiger partial charge >= 0.3 is 48.4 Å². The van der Waals surface area contributed by atoms with E-state index in [0.717, 1.165) is 0 Å². The van der Waals surface area contributed by atoms with Crippen molar-refractivity contribution in [2.75, 3.05) is 0 Å². The van der Waals surface area contributed by atoms with E-state index in [1.807, 2.05) is 0 Å². The molecule has 0 atom stereocenters. The molecule has 0 fully saturated rings. The number of benzene rings is 4. The second kappa shape index (κ2) is 22.2. The Morgan fingerprint density at radius 2 is 0.391 bits per heavy atom. The van der Waals surface area contributed by atoms with Crippen LogP contribution in [0.25, 0.3) is 67.8 Å². The summed E-state index contributed by atoms with van der Waals surface area (Å²) in [5, 5.41) is 0. The van der Waals surface area contributed by atoms with Crippen molar-refractivity contribution >= 4 is 0 Å². The Kier molecular flexibility index (Phi) is 16.6. The Morgan fingerprint density at radius 3 is 0.543 bits per heavy atom. The van der Waals surface area contributed by atoms with Crippen LogP contribution in [0.4, 0.5) is 158 Å². The van der Waals surface area contributed by atoms with Crippen molar-refractivity contribution in [2.45, 2.75) is 48.4 Å². The average Bonchev–Trinajstić information content (AvgIpc) is 0.728. The molecular weight excluding hydrogens is 1370 g/mol. The number of rotatable bonds is 11. The van der Waals surface area contributed by atoms with Crippen molar-refractivity contribution < 1.29 is 158 Å². The van der Waals surface area contributed by atoms with E-state index in [1.54, 1.807) is 0 Å². The monoisotopic (exact) mass is 1380 g/mol. The van der Waals surface area contributed by atoms with Gasteiger partial charge in [-0.2, -0.15) is 87.8 Å². The van der Waals surface area contributed by atoms with E-state index in [9.17, 15) is 87.8 Å². The minimum Gasteiger partial charge on any atom is -0.235 e. The molecule has 0 aliphatic heterocycles. The van der Waals surface area contributed by atoms with Crippen LogP contribution in [-0.2, 0) is 36.6 Å². The molecule has 4 aromatic heterocycles. The summed E-state index contributed by atoms with van der Waals surface area (Å²) < 4.78 is 525. The minimum atomic E-state index is -7.72. The maximum absolute atomic E-state index is 15.6. The standard InChI is InChI=1S/C48H6F36N8/c49-21-13(22(50)30(58)17(29(21)57)43(69,70)71)9-1-10(14-23(51)31(59)18(44(72,73)74)32(60)24(14)52)90-37(89-9)7-3-85-39(86-4-7)41(65,66)47(81,82)48(83,84)42(67,68)40-87-5-8(6-88-40)38-91-11(15-25(53)33(61)19(45(75,76)77)34(62)26(15)54)2-12(92-38)16-27(55)35(63)20(46(78,79)80)36(64)28(16)56/h1-6H. The fraction of sp³-hybridized carbons (Fsp3) is 0.167. The van der Waals surface area contributed by atoms with E-state index in [0.29, 0.717) is 0 Å². The summed E-state index contributed by atoms with van der Waals surface area (Å²) in [5.74, 6) is -92.2. The summed E-state index contributed by atoms with van der Waals surface area (Å²) in [6.45, 7) is 0. The van der Waals surface area contributed by atoms with E-state index >= 15 is 70.2 Å². The molecule has 0 saturated heterocycles. The normalized spacial score (nSPS) is 13.2. The lowest BCUT2D eigenvalue weighted by molar-refractivity contribution is -0.377. The average molecular weight is 1380 g/mol. The predicted octanol–water partition coefficient (Wildman–Crippen LogP) is 17.3. The van der Waals surface area contributed by atoms with Gasteiger partial charge < -0.3 is 0 Å². The van der Waals surface area contributed by atoms with Crippen molar-refractivity contribution in [2.24, 2.45) is 0 Å². The molecule has 0 bridgehead atoms. The topological polar surface area (TPSA) is 103 Å². The van der Waals surface area contributed by atoms with Crippen LogP contribution in [0.15, 0.2) is 36.9 Å². The molecule has 4 heterocycles. The first-order valence-corrected chi connectivity index (χ1v) is 22.6. The van der Waals surface area contributed by atoms with E-state index < -0.39 is 280 Å². The Hall–Kier alpha value is -9.32. The van der Waals surface area contributed by atoms with E-state index in [2.05, 4.69) is 39.9 Å². The van der Waals surface area contributed by atoms with Crippen molar-refractivity contribution in [1.82, 2.24) is 39.9 Å². The second-order valence-electron chi connectivity index (χ2n) is 17.8. The Labute approximate surface area is 477 Å². The zero-order chi connectivity index (χ0) is 69.5. The van der Waals surface area contributed by atoms with Crippen LogP contribution in [-0.4, -0.2) is 51.7 Å². The highest BCUT2D eigenvalue weighted by molar-refractivity contribution is 5.75. The first kappa shape index (κ1) is 68.6. The quantitative estimate of drug-likeness (QED) is 0.0932. The van der Waals surface area contributed by atoms with E-state index in [1.165, 1.54) is 0 Å². The summed E-state index contributed by atoms with van der Waals surface area (Å²) in [4.78, 5) is 22.0. The highest BCUT2D eigenvalue weighted by Gasteiger charge is 2.83. The molecule has 0 aliphatic carbocycles. The third kappa shape index (κ3) is 10.8. The van der Waals surface area contributed by atoms with Crippen molar-refractivity contribution in [3.8, 4) is 67.8 Å². The van der Waals surface area contributed by atoms with Crippen molar-refractivity contribution in [3.63, 3.8) is 0 Å². The molecule has 92 heavy (non-hydrogen) atoms. The van der Waals surface area contributed by atoms with Gasteiger partial charge in [-0.15, -0.1) is 0 Å². The van der Waals surface area contributed by atoms with Gasteiger partial charge in [-0.25, -0.2) is 110 Å². The SMILES string of the molecule is Fc1c(F)c(C(F)(F)F)c(F)c(F)c1-c1cc(-c2c(F)c(F)c(C(F)(F)F)c(F)c2F)nc(-c2cnc(C(F)(F)C(F)(F)C(F)(F)C(F)(F)c3ncc(-c4nc(-c5c(F)c(F)c(C(F)(F)F)c(F)c5F)cc(-c5c(F)c(F)c(C(F)(F)F)c(F)c5F)n4)cn3)nc2)n1. The molecule has 44 heteroatoms. The zero-order valence-electron chi connectivity index (χ0n) is 41.6. The smallest absolute Gasteiger partial charge is 0.235 e. The van der Waals surface area contributed by atoms with Crippen LogP contribution >= 0.6 is 0 Å². The van der Waals surface area contributed by atoms with E-state index in [-0.39, 0.29) is 0 Å². The zero-order valence-corrected chi connectivity index (χ0v) is 41.6. The van der Waals surface area contributed by atoms with Crippen LogP contribution in [0.3, 0.4) is 0 Å². The molecule has 8 aromatic rings. The van der Waals surface area contributed by atoms with Crippen LogP contribution < -0.4 is 0 Å². The lowest BCUT2D eigenvalue weighted by Gasteiger charge is -2.35. The Bertz CT molecular complexity index is 3760. The van der Waals surface area contributed by atoms with Crippen LogP contribution in [0.2, 0.25) is 0 Å². The molecule has 0 spiro atoms. The van der Waals surface area contributed by atoms with Gasteiger partial charge in [0.15, 0.2) is 105 Å². The van der Waals surface area contributed by atoms with Crippen molar-refractivity contribution in [3.05, 3.63) is 164 Å². The van der Waals surface area contributed by atoms with Gasteiger partial charge in [0.1, 0.15) is 22.3 Å². The lowest BCUT2D eigenvalue weighted by Crippen LogP contribution is -2.60. The van der Waals surface area contributed by atoms with Crippen LogP contribution in [0, 0.1) is 93.1 Å². The lowest BCUT2D eigenvalue weighted by atomic mass is 9.97. The number of hydrogen-bond acceptors (Lipinski definition) is 8. The molecule has 0 aliphatic rings. The molecular formula is C48H6F36N8. The van der Waals surface area contributed by atoms with Gasteiger partial charge in [0.25, 0.3) is 0 Å². The number of halogens is 36. The highest BCUT2D eigenvalue weighted by Crippen LogP contribution is 2.58. The van der Waals surface area contributed by atoms with Gasteiger partial charge in [-0.1, -0.05) is 0 Å². The summed E-state index contributed by atoms with van der Waals surface area (Å²) in [6, 6.07) is -0.966. The van der Waals surface area contributed by atoms with Gasteiger partial charge in [0.2, 0.25) is 11.6 Å². The summed E-state index contributed by atoms with van der Waals surface area (Å²) >= 11 is 0. The predicted molar refractivity (Wildman–Crippen MR) is 225 cm³/mol. The third-order valence-electron chi connectivity index (χ3n) is 12.2. The second-order valence-corrected chi connectivity index (χ2v) is 17.8. The molecule has 0 N–H and O–H groups in total. The van der Waals surface area contributed by atoms with Gasteiger partial charge in [-0.3, -0.25) is 0 Å². The number of alkyl halides is 20. The maximum atomic E-state index is 15.6. The third-order valence-corrected chi connectivity index (χ3v) is 12.2. The number of hydrogen-bond donors (Lipinski definition) is 0. The maximum Gasteiger partial charge on any atom is 0.422 e.